The first-order chi connectivity index (χ1) is 10.8. The van der Waals surface area contributed by atoms with Gasteiger partial charge in [0.05, 0.1) is 5.39 Å². The number of anilines is 2. The van der Waals surface area contributed by atoms with Crippen molar-refractivity contribution in [1.29, 1.82) is 0 Å². The largest absolute Gasteiger partial charge is 0.384 e. The molecule has 3 aromatic heterocycles. The average Bonchev–Trinajstić information content (AvgIpc) is 3.08. The van der Waals surface area contributed by atoms with Crippen LogP contribution in [0.25, 0.3) is 11.0 Å². The van der Waals surface area contributed by atoms with Crippen LogP contribution in [0.15, 0.2) is 30.9 Å². The number of nitrogen functional groups attached to an aromatic ring is 1. The smallest absolute Gasteiger partial charge is 0.166 e. The number of aromatic nitrogens is 5. The van der Waals surface area contributed by atoms with Crippen LogP contribution in [0.4, 0.5) is 11.6 Å². The number of piperidine rings is 1. The molecule has 22 heavy (non-hydrogen) atoms. The highest BCUT2D eigenvalue weighted by Gasteiger charge is 2.25. The lowest BCUT2D eigenvalue weighted by Gasteiger charge is -2.33. The van der Waals surface area contributed by atoms with Crippen molar-refractivity contribution in [2.45, 2.75) is 18.8 Å². The van der Waals surface area contributed by atoms with Gasteiger partial charge < -0.3 is 15.6 Å². The molecule has 1 fully saturated rings. The lowest BCUT2D eigenvalue weighted by molar-refractivity contribution is 0.492. The Hall–Kier alpha value is -2.70. The number of aromatic amines is 1. The Morgan fingerprint density at radius 2 is 2.18 bits per heavy atom. The van der Waals surface area contributed by atoms with E-state index >= 15 is 0 Å². The van der Waals surface area contributed by atoms with E-state index in [1.165, 1.54) is 0 Å². The minimum absolute atomic E-state index is 0.399. The van der Waals surface area contributed by atoms with Crippen LogP contribution in [-0.2, 0) is 0 Å². The molecule has 0 saturated carbocycles. The van der Waals surface area contributed by atoms with Gasteiger partial charge in [-0.3, -0.25) is 0 Å². The maximum atomic E-state index is 5.74. The van der Waals surface area contributed by atoms with Crippen LogP contribution in [-0.4, -0.2) is 38.0 Å². The molecule has 112 valence electrons. The van der Waals surface area contributed by atoms with Gasteiger partial charge in [0.2, 0.25) is 0 Å². The van der Waals surface area contributed by atoms with E-state index < -0.39 is 0 Å². The highest BCUT2D eigenvalue weighted by Crippen LogP contribution is 2.30. The van der Waals surface area contributed by atoms with Crippen molar-refractivity contribution in [2.24, 2.45) is 0 Å². The molecule has 0 radical (unpaired) electrons. The molecule has 0 aromatic carbocycles. The molecule has 7 heteroatoms. The molecule has 0 bridgehead atoms. The average molecular weight is 295 g/mol. The number of fused-ring (bicyclic) bond motifs is 1. The summed E-state index contributed by atoms with van der Waals surface area (Å²) in [5.74, 6) is 2.85. The summed E-state index contributed by atoms with van der Waals surface area (Å²) in [6.45, 7) is 1.87. The third-order valence-corrected chi connectivity index (χ3v) is 4.12. The predicted octanol–water partition coefficient (Wildman–Crippen LogP) is 1.71. The molecule has 1 atom stereocenters. The molecule has 1 unspecified atom stereocenters. The molecular formula is C15H17N7. The van der Waals surface area contributed by atoms with Gasteiger partial charge >= 0.3 is 0 Å². The molecule has 0 amide bonds. The summed E-state index contributed by atoms with van der Waals surface area (Å²) in [4.78, 5) is 22.9. The van der Waals surface area contributed by atoms with Crippen molar-refractivity contribution in [3.8, 4) is 0 Å². The van der Waals surface area contributed by atoms with E-state index in [1.54, 1.807) is 18.6 Å². The summed E-state index contributed by atoms with van der Waals surface area (Å²) in [5.41, 5.74) is 6.38. The van der Waals surface area contributed by atoms with E-state index in [4.69, 9.17) is 5.73 Å². The maximum Gasteiger partial charge on any atom is 0.166 e. The maximum absolute atomic E-state index is 5.74. The van der Waals surface area contributed by atoms with Crippen molar-refractivity contribution < 1.29 is 0 Å². The number of nitrogens with one attached hydrogen (secondary N) is 1. The second-order valence-corrected chi connectivity index (χ2v) is 5.56. The van der Waals surface area contributed by atoms with E-state index in [9.17, 15) is 0 Å². The number of hydrogen-bond acceptors (Lipinski definition) is 6. The van der Waals surface area contributed by atoms with Gasteiger partial charge in [0.1, 0.15) is 23.8 Å². The van der Waals surface area contributed by atoms with Crippen LogP contribution in [0.5, 0.6) is 0 Å². The predicted molar refractivity (Wildman–Crippen MR) is 84.5 cm³/mol. The van der Waals surface area contributed by atoms with Crippen LogP contribution < -0.4 is 10.6 Å². The fraction of sp³-hybridized carbons (Fsp3) is 0.333. The van der Waals surface area contributed by atoms with Gasteiger partial charge in [0, 0.05) is 31.4 Å². The van der Waals surface area contributed by atoms with Gasteiger partial charge in [-0.05, 0) is 25.0 Å². The second-order valence-electron chi connectivity index (χ2n) is 5.56. The van der Waals surface area contributed by atoms with Crippen molar-refractivity contribution in [2.75, 3.05) is 23.7 Å². The molecule has 0 aliphatic carbocycles. The number of rotatable bonds is 2. The zero-order valence-electron chi connectivity index (χ0n) is 12.1. The minimum Gasteiger partial charge on any atom is -0.384 e. The molecule has 1 aliphatic rings. The first kappa shape index (κ1) is 13.0. The summed E-state index contributed by atoms with van der Waals surface area (Å²) in [5, 5.41) is 0.941. The lowest BCUT2D eigenvalue weighted by Crippen LogP contribution is -2.35. The first-order valence-electron chi connectivity index (χ1n) is 7.43. The summed E-state index contributed by atoms with van der Waals surface area (Å²) in [6, 6.07) is 3.74. The zero-order valence-corrected chi connectivity index (χ0v) is 12.1. The topological polar surface area (TPSA) is 96.6 Å². The number of hydrogen-bond donors (Lipinski definition) is 2. The Morgan fingerprint density at radius 1 is 1.23 bits per heavy atom. The molecular weight excluding hydrogens is 278 g/mol. The zero-order chi connectivity index (χ0) is 14.9. The first-order valence-corrected chi connectivity index (χ1v) is 7.43. The van der Waals surface area contributed by atoms with Gasteiger partial charge in [-0.2, -0.15) is 0 Å². The van der Waals surface area contributed by atoms with Gasteiger partial charge in [0.25, 0.3) is 0 Å². The van der Waals surface area contributed by atoms with Gasteiger partial charge in [-0.15, -0.1) is 0 Å². The Labute approximate surface area is 127 Å². The molecule has 3 N–H and O–H groups in total. The molecule has 0 spiro atoms. The molecule has 3 aromatic rings. The summed E-state index contributed by atoms with van der Waals surface area (Å²) in [6.07, 6.45) is 7.49. The molecule has 1 aliphatic heterocycles. The van der Waals surface area contributed by atoms with E-state index in [2.05, 4.69) is 29.8 Å². The monoisotopic (exact) mass is 295 g/mol. The summed E-state index contributed by atoms with van der Waals surface area (Å²) < 4.78 is 0. The Bertz CT molecular complexity index is 784. The number of pyridine rings is 1. The normalized spacial score (nSPS) is 18.7. The van der Waals surface area contributed by atoms with Crippen LogP contribution in [0.3, 0.4) is 0 Å². The standard InChI is InChI=1S/C15H17N7/c16-12-4-3-11-14(21-12)19-9-20-15(11)22-7-1-2-10(8-22)13-17-5-6-18-13/h3-6,9-10H,1-2,7-8H2,(H,17,18)(H2,16,19,20,21). The summed E-state index contributed by atoms with van der Waals surface area (Å²) >= 11 is 0. The molecule has 4 heterocycles. The van der Waals surface area contributed by atoms with E-state index in [0.29, 0.717) is 17.4 Å². The fourth-order valence-corrected chi connectivity index (χ4v) is 3.09. The van der Waals surface area contributed by atoms with E-state index in [-0.39, 0.29) is 0 Å². The van der Waals surface area contributed by atoms with Crippen LogP contribution >= 0.6 is 0 Å². The van der Waals surface area contributed by atoms with Crippen LogP contribution in [0.1, 0.15) is 24.6 Å². The third-order valence-electron chi connectivity index (χ3n) is 4.12. The highest BCUT2D eigenvalue weighted by molar-refractivity contribution is 5.87. The Balaban J connectivity index is 1.69. The van der Waals surface area contributed by atoms with Crippen LogP contribution in [0, 0.1) is 0 Å². The molecule has 1 saturated heterocycles. The van der Waals surface area contributed by atoms with Crippen molar-refractivity contribution in [1.82, 2.24) is 24.9 Å². The number of H-pyrrole nitrogens is 1. The quantitative estimate of drug-likeness (QED) is 0.747. The van der Waals surface area contributed by atoms with Crippen molar-refractivity contribution in [3.05, 3.63) is 36.7 Å². The Morgan fingerprint density at radius 3 is 3.05 bits per heavy atom. The second kappa shape index (κ2) is 5.25. The van der Waals surface area contributed by atoms with Gasteiger partial charge in [-0.25, -0.2) is 19.9 Å². The van der Waals surface area contributed by atoms with Gasteiger partial charge in [0.15, 0.2) is 5.65 Å². The van der Waals surface area contributed by atoms with Gasteiger partial charge in [-0.1, -0.05) is 0 Å². The van der Waals surface area contributed by atoms with E-state index in [1.807, 2.05) is 12.3 Å². The van der Waals surface area contributed by atoms with Crippen molar-refractivity contribution in [3.63, 3.8) is 0 Å². The molecule has 7 nitrogen and oxygen atoms in total. The fourth-order valence-electron chi connectivity index (χ4n) is 3.09. The van der Waals surface area contributed by atoms with E-state index in [0.717, 1.165) is 43.0 Å². The number of nitrogens with zero attached hydrogens (tertiary/aromatic N) is 5. The lowest BCUT2D eigenvalue weighted by atomic mass is 9.97. The highest BCUT2D eigenvalue weighted by atomic mass is 15.2. The third kappa shape index (κ3) is 2.24. The SMILES string of the molecule is Nc1ccc2c(N3CCCC(c4ncc[nH]4)C3)ncnc2n1. The van der Waals surface area contributed by atoms with Crippen molar-refractivity contribution >= 4 is 22.7 Å². The summed E-state index contributed by atoms with van der Waals surface area (Å²) in [7, 11) is 0. The van der Waals surface area contributed by atoms with Crippen LogP contribution in [0.2, 0.25) is 0 Å². The number of imidazole rings is 1. The molecule has 4 rings (SSSR count). The minimum atomic E-state index is 0.399. The number of nitrogens with two attached hydrogens (primary N) is 1. The Kier molecular flexibility index (Phi) is 3.10.